The first-order chi connectivity index (χ1) is 9.97. The number of anilines is 1. The number of rotatable bonds is 4. The highest BCUT2D eigenvalue weighted by Gasteiger charge is 2.10. The molecule has 6 heteroatoms. The molecule has 1 amide bonds. The second kappa shape index (κ2) is 6.30. The molecule has 0 fully saturated rings. The van der Waals surface area contributed by atoms with E-state index in [0.29, 0.717) is 12.2 Å². The Morgan fingerprint density at radius 2 is 2.19 bits per heavy atom. The number of phenolic OH excluding ortho intramolecular Hbond substituents is 1. The Hall–Kier alpha value is -2.50. The Kier molecular flexibility index (Phi) is 4.47. The van der Waals surface area contributed by atoms with E-state index in [0.717, 1.165) is 11.4 Å². The molecule has 0 aliphatic carbocycles. The number of ether oxygens (including phenoxy) is 1. The molecule has 1 heterocycles. The van der Waals surface area contributed by atoms with E-state index in [1.807, 2.05) is 35.5 Å². The lowest BCUT2D eigenvalue weighted by molar-refractivity contribution is -0.677. The van der Waals surface area contributed by atoms with Crippen molar-refractivity contribution < 1.29 is 19.2 Å². The number of nitrogens with zero attached hydrogens (tertiary/aromatic N) is 2. The van der Waals surface area contributed by atoms with Gasteiger partial charge in [0.25, 0.3) is 5.82 Å². The summed E-state index contributed by atoms with van der Waals surface area (Å²) in [5.74, 6) is 1.23. The van der Waals surface area contributed by atoms with Gasteiger partial charge in [-0.1, -0.05) is 6.07 Å². The minimum absolute atomic E-state index is 0.142. The van der Waals surface area contributed by atoms with E-state index in [1.54, 1.807) is 19.1 Å². The standard InChI is InChI=1S/C15H19N3O3/c1-11-4-5-13(10-14(11)19)16-15(20)21-9-8-18-7-6-17(3)12(18)2/h4-7,10H,8-9H2,1-3H3,(H-,16,19,20)/p+1. The van der Waals surface area contributed by atoms with Crippen molar-refractivity contribution in [1.82, 2.24) is 4.57 Å². The highest BCUT2D eigenvalue weighted by atomic mass is 16.5. The molecular weight excluding hydrogens is 270 g/mol. The molecule has 0 radical (unpaired) electrons. The third-order valence-corrected chi connectivity index (χ3v) is 3.42. The van der Waals surface area contributed by atoms with Gasteiger partial charge in [-0.2, -0.15) is 0 Å². The summed E-state index contributed by atoms with van der Waals surface area (Å²) in [4.78, 5) is 11.7. The van der Waals surface area contributed by atoms with Gasteiger partial charge < -0.3 is 9.84 Å². The van der Waals surface area contributed by atoms with Gasteiger partial charge in [0, 0.05) is 18.7 Å². The van der Waals surface area contributed by atoms with Crippen LogP contribution in [-0.4, -0.2) is 22.4 Å². The number of carbonyl (C=O) groups is 1. The van der Waals surface area contributed by atoms with Gasteiger partial charge >= 0.3 is 6.09 Å². The molecule has 0 saturated heterocycles. The summed E-state index contributed by atoms with van der Waals surface area (Å²) >= 11 is 0. The topological polar surface area (TPSA) is 67.4 Å². The van der Waals surface area contributed by atoms with E-state index >= 15 is 0 Å². The summed E-state index contributed by atoms with van der Waals surface area (Å²) in [5, 5.41) is 12.2. The molecule has 1 aromatic carbocycles. The molecule has 0 unspecified atom stereocenters. The second-order valence-corrected chi connectivity index (χ2v) is 4.91. The van der Waals surface area contributed by atoms with Gasteiger partial charge in [-0.3, -0.25) is 5.32 Å². The van der Waals surface area contributed by atoms with Crippen molar-refractivity contribution in [2.75, 3.05) is 11.9 Å². The van der Waals surface area contributed by atoms with Crippen molar-refractivity contribution in [1.29, 1.82) is 0 Å². The Labute approximate surface area is 123 Å². The monoisotopic (exact) mass is 290 g/mol. The van der Waals surface area contributed by atoms with E-state index in [4.69, 9.17) is 4.74 Å². The molecule has 0 atom stereocenters. The number of nitrogens with one attached hydrogen (secondary N) is 1. The van der Waals surface area contributed by atoms with Crippen LogP contribution in [0.4, 0.5) is 10.5 Å². The quantitative estimate of drug-likeness (QED) is 0.845. The van der Waals surface area contributed by atoms with Gasteiger partial charge in [0.2, 0.25) is 0 Å². The summed E-state index contributed by atoms with van der Waals surface area (Å²) in [6.45, 7) is 4.66. The van der Waals surface area contributed by atoms with Crippen LogP contribution < -0.4 is 9.88 Å². The molecule has 6 nitrogen and oxygen atoms in total. The van der Waals surface area contributed by atoms with Crippen molar-refractivity contribution in [2.45, 2.75) is 20.4 Å². The smallest absolute Gasteiger partial charge is 0.411 e. The van der Waals surface area contributed by atoms with E-state index in [-0.39, 0.29) is 12.4 Å². The average molecular weight is 290 g/mol. The number of hydrogen-bond donors (Lipinski definition) is 2. The van der Waals surface area contributed by atoms with Gasteiger partial charge in [-0.05, 0) is 18.6 Å². The average Bonchev–Trinajstić information content (AvgIpc) is 2.75. The van der Waals surface area contributed by atoms with Crippen LogP contribution in [-0.2, 0) is 18.3 Å². The predicted octanol–water partition coefficient (Wildman–Crippen LogP) is 1.88. The maximum Gasteiger partial charge on any atom is 0.411 e. The fourth-order valence-corrected chi connectivity index (χ4v) is 1.91. The molecule has 21 heavy (non-hydrogen) atoms. The maximum absolute atomic E-state index is 11.7. The second-order valence-electron chi connectivity index (χ2n) is 4.91. The minimum Gasteiger partial charge on any atom is -0.508 e. The summed E-state index contributed by atoms with van der Waals surface area (Å²) in [7, 11) is 1.96. The molecule has 0 spiro atoms. The fourth-order valence-electron chi connectivity index (χ4n) is 1.91. The number of carbonyl (C=O) groups excluding carboxylic acids is 1. The highest BCUT2D eigenvalue weighted by molar-refractivity contribution is 5.84. The largest absolute Gasteiger partial charge is 0.508 e. The van der Waals surface area contributed by atoms with Crippen LogP contribution in [0.2, 0.25) is 0 Å². The summed E-state index contributed by atoms with van der Waals surface area (Å²) in [5.41, 5.74) is 1.26. The first-order valence-electron chi connectivity index (χ1n) is 6.72. The number of aromatic nitrogens is 2. The van der Waals surface area contributed by atoms with Crippen molar-refractivity contribution >= 4 is 11.8 Å². The van der Waals surface area contributed by atoms with Crippen molar-refractivity contribution in [3.05, 3.63) is 42.0 Å². The summed E-state index contributed by atoms with van der Waals surface area (Å²) in [6.07, 6.45) is 3.35. The lowest BCUT2D eigenvalue weighted by Crippen LogP contribution is -2.30. The first-order valence-corrected chi connectivity index (χ1v) is 6.72. The number of imidazole rings is 1. The number of phenols is 1. The van der Waals surface area contributed by atoms with Gasteiger partial charge in [0.05, 0.1) is 7.05 Å². The van der Waals surface area contributed by atoms with Crippen LogP contribution in [0.3, 0.4) is 0 Å². The first kappa shape index (κ1) is 14.9. The molecule has 112 valence electrons. The Balaban J connectivity index is 1.82. The zero-order valence-corrected chi connectivity index (χ0v) is 12.5. The van der Waals surface area contributed by atoms with Crippen LogP contribution in [0.5, 0.6) is 5.75 Å². The SMILES string of the molecule is Cc1ccc(NC(=O)OCCn2cc[n+](C)c2C)cc1O. The lowest BCUT2D eigenvalue weighted by atomic mass is 10.2. The number of hydrogen-bond acceptors (Lipinski definition) is 3. The molecule has 0 aliphatic rings. The molecular formula is C15H20N3O3+. The third kappa shape index (κ3) is 3.75. The zero-order valence-electron chi connectivity index (χ0n) is 12.5. The number of aromatic hydroxyl groups is 1. The zero-order chi connectivity index (χ0) is 15.4. The summed E-state index contributed by atoms with van der Waals surface area (Å²) < 4.78 is 9.12. The number of benzene rings is 1. The molecule has 2 N–H and O–H groups in total. The Morgan fingerprint density at radius 1 is 1.43 bits per heavy atom. The fraction of sp³-hybridized carbons (Fsp3) is 0.333. The molecule has 1 aromatic heterocycles. The number of aryl methyl sites for hydroxylation is 2. The molecule has 0 saturated carbocycles. The molecule has 2 rings (SSSR count). The third-order valence-electron chi connectivity index (χ3n) is 3.42. The van der Waals surface area contributed by atoms with Gasteiger partial charge in [0.1, 0.15) is 31.3 Å². The van der Waals surface area contributed by atoms with Crippen LogP contribution in [0.25, 0.3) is 0 Å². The maximum atomic E-state index is 11.7. The summed E-state index contributed by atoms with van der Waals surface area (Å²) in [6, 6.07) is 4.94. The van der Waals surface area contributed by atoms with E-state index in [2.05, 4.69) is 5.32 Å². The normalized spacial score (nSPS) is 10.4. The molecule has 0 bridgehead atoms. The minimum atomic E-state index is -0.535. The van der Waals surface area contributed by atoms with E-state index < -0.39 is 6.09 Å². The highest BCUT2D eigenvalue weighted by Crippen LogP contribution is 2.20. The predicted molar refractivity (Wildman–Crippen MR) is 78.2 cm³/mol. The van der Waals surface area contributed by atoms with Crippen molar-refractivity contribution in [3.63, 3.8) is 0 Å². The van der Waals surface area contributed by atoms with Crippen LogP contribution >= 0.6 is 0 Å². The van der Waals surface area contributed by atoms with Gasteiger partial charge in [-0.15, -0.1) is 0 Å². The van der Waals surface area contributed by atoms with Gasteiger partial charge in [0.15, 0.2) is 0 Å². The number of amides is 1. The van der Waals surface area contributed by atoms with Crippen LogP contribution in [0.15, 0.2) is 30.6 Å². The molecule has 0 aliphatic heterocycles. The lowest BCUT2D eigenvalue weighted by Gasteiger charge is -2.07. The Morgan fingerprint density at radius 3 is 2.81 bits per heavy atom. The molecule has 2 aromatic rings. The van der Waals surface area contributed by atoms with Crippen molar-refractivity contribution in [3.8, 4) is 5.75 Å². The van der Waals surface area contributed by atoms with Gasteiger partial charge in [-0.25, -0.2) is 13.9 Å². The van der Waals surface area contributed by atoms with Crippen LogP contribution in [0, 0.1) is 13.8 Å². The Bertz CT molecular complexity index is 650. The van der Waals surface area contributed by atoms with E-state index in [1.165, 1.54) is 6.07 Å². The van der Waals surface area contributed by atoms with E-state index in [9.17, 15) is 9.90 Å². The van der Waals surface area contributed by atoms with Crippen LogP contribution in [0.1, 0.15) is 11.4 Å². The van der Waals surface area contributed by atoms with Crippen molar-refractivity contribution in [2.24, 2.45) is 7.05 Å².